The van der Waals surface area contributed by atoms with Crippen molar-refractivity contribution in [2.24, 2.45) is 0 Å². The van der Waals surface area contributed by atoms with Crippen molar-refractivity contribution < 1.29 is 4.79 Å². The van der Waals surface area contributed by atoms with Gasteiger partial charge in [-0.05, 0) is 18.2 Å². The maximum Gasteiger partial charge on any atom is 0.261 e. The van der Waals surface area contributed by atoms with Crippen LogP contribution >= 0.6 is 0 Å². The Morgan fingerprint density at radius 2 is 1.69 bits per heavy atom. The molecule has 26 heavy (non-hydrogen) atoms. The molecule has 0 aliphatic carbocycles. The van der Waals surface area contributed by atoms with Crippen molar-refractivity contribution >= 4 is 22.8 Å². The summed E-state index contributed by atoms with van der Waals surface area (Å²) in [5.41, 5.74) is 0.443. The molecule has 0 saturated carbocycles. The number of piperazine rings is 1. The zero-order valence-electron chi connectivity index (χ0n) is 14.2. The van der Waals surface area contributed by atoms with Crippen LogP contribution in [0.15, 0.2) is 53.8 Å². The second-order valence-electron chi connectivity index (χ2n) is 6.11. The Bertz CT molecular complexity index is 980. The number of carbonyl (C=O) groups excluding carboxylic acids is 1. The van der Waals surface area contributed by atoms with Gasteiger partial charge in [0, 0.05) is 38.6 Å². The van der Waals surface area contributed by atoms with Crippen molar-refractivity contribution in [3.63, 3.8) is 0 Å². The molecule has 0 unspecified atom stereocenters. The molecule has 1 fully saturated rings. The van der Waals surface area contributed by atoms with Gasteiger partial charge in [0.2, 0.25) is 11.9 Å². The van der Waals surface area contributed by atoms with E-state index in [9.17, 15) is 9.59 Å². The maximum absolute atomic E-state index is 12.6. The number of carbonyl (C=O) groups is 1. The Hall–Kier alpha value is -3.29. The van der Waals surface area contributed by atoms with Crippen LogP contribution in [0.5, 0.6) is 0 Å². The van der Waals surface area contributed by atoms with Crippen LogP contribution in [0.4, 0.5) is 5.95 Å². The summed E-state index contributed by atoms with van der Waals surface area (Å²) < 4.78 is 1.37. The Morgan fingerprint density at radius 3 is 2.46 bits per heavy atom. The van der Waals surface area contributed by atoms with Crippen molar-refractivity contribution in [2.75, 3.05) is 31.1 Å². The van der Waals surface area contributed by atoms with Crippen LogP contribution in [0.25, 0.3) is 10.9 Å². The fourth-order valence-corrected chi connectivity index (χ4v) is 3.07. The van der Waals surface area contributed by atoms with Gasteiger partial charge in [0.15, 0.2) is 0 Å². The SMILES string of the molecule is O=C(Cn1cnc2ccccc2c1=O)N1CCN(c2ncccn2)CC1. The average molecular weight is 350 g/mol. The summed E-state index contributed by atoms with van der Waals surface area (Å²) in [6.07, 6.45) is 4.86. The summed E-state index contributed by atoms with van der Waals surface area (Å²) in [5, 5.41) is 0.522. The van der Waals surface area contributed by atoms with Crippen LogP contribution in [-0.2, 0) is 11.3 Å². The average Bonchev–Trinajstić information content (AvgIpc) is 2.71. The summed E-state index contributed by atoms with van der Waals surface area (Å²) >= 11 is 0. The van der Waals surface area contributed by atoms with Crippen LogP contribution in [0.1, 0.15) is 0 Å². The summed E-state index contributed by atoms with van der Waals surface area (Å²) in [6.45, 7) is 2.49. The normalized spacial score (nSPS) is 14.6. The van der Waals surface area contributed by atoms with Gasteiger partial charge in [-0.25, -0.2) is 15.0 Å². The van der Waals surface area contributed by atoms with Crippen LogP contribution < -0.4 is 10.5 Å². The highest BCUT2D eigenvalue weighted by molar-refractivity contribution is 5.79. The van der Waals surface area contributed by atoms with Gasteiger partial charge in [0.25, 0.3) is 5.56 Å². The number of anilines is 1. The molecule has 1 amide bonds. The highest BCUT2D eigenvalue weighted by Gasteiger charge is 2.22. The lowest BCUT2D eigenvalue weighted by Gasteiger charge is -2.34. The number of hydrogen-bond donors (Lipinski definition) is 0. The van der Waals surface area contributed by atoms with Crippen molar-refractivity contribution in [1.29, 1.82) is 0 Å². The van der Waals surface area contributed by atoms with Crippen molar-refractivity contribution in [3.8, 4) is 0 Å². The predicted molar refractivity (Wildman–Crippen MR) is 96.8 cm³/mol. The summed E-state index contributed by atoms with van der Waals surface area (Å²) in [5.74, 6) is 0.590. The van der Waals surface area contributed by atoms with Crippen LogP contribution in [0.2, 0.25) is 0 Å². The summed E-state index contributed by atoms with van der Waals surface area (Å²) in [4.78, 5) is 41.6. The number of fused-ring (bicyclic) bond motifs is 1. The smallest absolute Gasteiger partial charge is 0.261 e. The lowest BCUT2D eigenvalue weighted by molar-refractivity contribution is -0.132. The van der Waals surface area contributed by atoms with E-state index in [4.69, 9.17) is 0 Å². The minimum Gasteiger partial charge on any atom is -0.338 e. The number of para-hydroxylation sites is 1. The van der Waals surface area contributed by atoms with Crippen molar-refractivity contribution in [3.05, 3.63) is 59.4 Å². The Labute approximate surface area is 149 Å². The first-order valence-corrected chi connectivity index (χ1v) is 8.46. The summed E-state index contributed by atoms with van der Waals surface area (Å²) in [7, 11) is 0. The largest absolute Gasteiger partial charge is 0.338 e. The molecule has 3 heterocycles. The maximum atomic E-state index is 12.6. The molecule has 2 aromatic heterocycles. The first kappa shape index (κ1) is 16.2. The highest BCUT2D eigenvalue weighted by Crippen LogP contribution is 2.10. The molecule has 0 bridgehead atoms. The van der Waals surface area contributed by atoms with E-state index in [1.54, 1.807) is 41.6 Å². The van der Waals surface area contributed by atoms with Crippen LogP contribution in [-0.4, -0.2) is 56.5 Å². The molecule has 1 aliphatic rings. The fraction of sp³-hybridized carbons (Fsp3) is 0.278. The molecule has 1 aromatic carbocycles. The van der Waals surface area contributed by atoms with Gasteiger partial charge in [0.05, 0.1) is 17.2 Å². The molecule has 3 aromatic rings. The summed E-state index contributed by atoms with van der Waals surface area (Å²) in [6, 6.07) is 8.92. The van der Waals surface area contributed by atoms with E-state index < -0.39 is 0 Å². The van der Waals surface area contributed by atoms with Crippen LogP contribution in [0.3, 0.4) is 0 Å². The standard InChI is InChI=1S/C18H18N6O2/c25-16(12-24-13-21-15-5-2-1-4-14(15)17(24)26)22-8-10-23(11-9-22)18-19-6-3-7-20-18/h1-7,13H,8-12H2. The first-order chi connectivity index (χ1) is 12.7. The quantitative estimate of drug-likeness (QED) is 0.685. The minimum absolute atomic E-state index is 0.00148. The van der Waals surface area contributed by atoms with Crippen molar-refractivity contribution in [1.82, 2.24) is 24.4 Å². The molecule has 0 radical (unpaired) electrons. The van der Waals surface area contributed by atoms with E-state index in [1.807, 2.05) is 11.0 Å². The van der Waals surface area contributed by atoms with Crippen LogP contribution in [0, 0.1) is 0 Å². The topological polar surface area (TPSA) is 84.2 Å². The number of rotatable bonds is 3. The van der Waals surface area contributed by atoms with E-state index in [0.717, 1.165) is 0 Å². The molecular formula is C18H18N6O2. The molecule has 1 saturated heterocycles. The van der Waals surface area contributed by atoms with Gasteiger partial charge < -0.3 is 9.80 Å². The van der Waals surface area contributed by atoms with E-state index in [0.29, 0.717) is 43.0 Å². The number of aromatic nitrogens is 4. The van der Waals surface area contributed by atoms with E-state index in [2.05, 4.69) is 15.0 Å². The lowest BCUT2D eigenvalue weighted by atomic mass is 10.2. The zero-order valence-corrected chi connectivity index (χ0v) is 14.2. The Kier molecular flexibility index (Phi) is 4.30. The number of hydrogen-bond acceptors (Lipinski definition) is 6. The first-order valence-electron chi connectivity index (χ1n) is 8.46. The third-order valence-electron chi connectivity index (χ3n) is 4.50. The van der Waals surface area contributed by atoms with Gasteiger partial charge in [-0.3, -0.25) is 14.2 Å². The third-order valence-corrected chi connectivity index (χ3v) is 4.50. The highest BCUT2D eigenvalue weighted by atomic mass is 16.2. The van der Waals surface area contributed by atoms with E-state index in [1.165, 1.54) is 10.9 Å². The van der Waals surface area contributed by atoms with E-state index >= 15 is 0 Å². The molecule has 4 rings (SSSR count). The molecular weight excluding hydrogens is 332 g/mol. The number of nitrogens with zero attached hydrogens (tertiary/aromatic N) is 6. The fourth-order valence-electron chi connectivity index (χ4n) is 3.07. The van der Waals surface area contributed by atoms with Crippen molar-refractivity contribution in [2.45, 2.75) is 6.54 Å². The Balaban J connectivity index is 1.43. The molecule has 0 atom stereocenters. The van der Waals surface area contributed by atoms with Gasteiger partial charge >= 0.3 is 0 Å². The number of amides is 1. The Morgan fingerprint density at radius 1 is 0.962 bits per heavy atom. The lowest BCUT2D eigenvalue weighted by Crippen LogP contribution is -2.50. The monoisotopic (exact) mass is 350 g/mol. The zero-order chi connectivity index (χ0) is 17.9. The molecule has 8 heteroatoms. The van der Waals surface area contributed by atoms with Gasteiger partial charge in [0.1, 0.15) is 6.54 Å². The van der Waals surface area contributed by atoms with Gasteiger partial charge in [-0.2, -0.15) is 0 Å². The molecule has 8 nitrogen and oxygen atoms in total. The second kappa shape index (κ2) is 6.91. The molecule has 132 valence electrons. The molecule has 0 N–H and O–H groups in total. The third kappa shape index (κ3) is 3.13. The second-order valence-corrected chi connectivity index (χ2v) is 6.11. The minimum atomic E-state index is -0.194. The molecule has 1 aliphatic heterocycles. The molecule has 0 spiro atoms. The van der Waals surface area contributed by atoms with Gasteiger partial charge in [-0.15, -0.1) is 0 Å². The van der Waals surface area contributed by atoms with Gasteiger partial charge in [-0.1, -0.05) is 12.1 Å². The predicted octanol–water partition coefficient (Wildman–Crippen LogP) is 0.535. The van der Waals surface area contributed by atoms with E-state index in [-0.39, 0.29) is 18.0 Å². The number of benzene rings is 1.